The van der Waals surface area contributed by atoms with Crippen LogP contribution >= 0.6 is 0 Å². The molecule has 6 heteroatoms. The van der Waals surface area contributed by atoms with E-state index in [1.165, 1.54) is 12.1 Å². The Bertz CT molecular complexity index is 422. The molecular weight excluding hydrogens is 285 g/mol. The molecule has 2 rings (SSSR count). The first-order chi connectivity index (χ1) is 10.7. The molecule has 0 saturated carbocycles. The molecule has 0 amide bonds. The van der Waals surface area contributed by atoms with E-state index in [1.807, 2.05) is 12.1 Å². The van der Waals surface area contributed by atoms with Crippen LogP contribution in [0.3, 0.4) is 0 Å². The molecule has 0 spiro atoms. The Hall–Kier alpha value is -1.05. The topological polar surface area (TPSA) is 45.8 Å². The summed E-state index contributed by atoms with van der Waals surface area (Å²) >= 11 is 0. The summed E-state index contributed by atoms with van der Waals surface area (Å²) in [6.07, 6.45) is 0.974. The molecule has 1 aliphatic rings. The van der Waals surface area contributed by atoms with Gasteiger partial charge in [0.1, 0.15) is 5.82 Å². The number of nitrogens with one attached hydrogen (secondary N) is 2. The van der Waals surface area contributed by atoms with Crippen molar-refractivity contribution in [3.8, 4) is 0 Å². The second-order valence-corrected chi connectivity index (χ2v) is 5.61. The Morgan fingerprint density at radius 2 is 1.73 bits per heavy atom. The molecule has 1 aliphatic heterocycles. The highest BCUT2D eigenvalue weighted by molar-refractivity contribution is 5.21. The average Bonchev–Trinajstić information content (AvgIpc) is 2.99. The van der Waals surface area contributed by atoms with Crippen molar-refractivity contribution in [3.05, 3.63) is 35.6 Å². The lowest BCUT2D eigenvalue weighted by atomic mass is 10.0. The van der Waals surface area contributed by atoms with Gasteiger partial charge >= 0.3 is 0 Å². The molecule has 124 valence electrons. The Balaban J connectivity index is 1.83. The monoisotopic (exact) mass is 311 g/mol. The molecule has 0 aliphatic carbocycles. The molecular formula is C16H26FN3O2. The fourth-order valence-corrected chi connectivity index (χ4v) is 2.70. The van der Waals surface area contributed by atoms with E-state index in [9.17, 15) is 4.39 Å². The van der Waals surface area contributed by atoms with Crippen LogP contribution in [0.1, 0.15) is 18.0 Å². The van der Waals surface area contributed by atoms with E-state index in [4.69, 9.17) is 9.47 Å². The fraction of sp³-hybridized carbons (Fsp3) is 0.625. The minimum absolute atomic E-state index is 0.198. The molecule has 2 N–H and O–H groups in total. The van der Waals surface area contributed by atoms with Crippen molar-refractivity contribution in [1.82, 2.24) is 15.8 Å². The van der Waals surface area contributed by atoms with E-state index in [2.05, 4.69) is 15.8 Å². The van der Waals surface area contributed by atoms with E-state index in [0.29, 0.717) is 19.3 Å². The Morgan fingerprint density at radius 1 is 1.09 bits per heavy atom. The quantitative estimate of drug-likeness (QED) is 0.720. The molecule has 0 bridgehead atoms. The van der Waals surface area contributed by atoms with Crippen molar-refractivity contribution in [3.63, 3.8) is 0 Å². The molecule has 0 radical (unpaired) electrons. The van der Waals surface area contributed by atoms with Crippen molar-refractivity contribution in [1.29, 1.82) is 0 Å². The summed E-state index contributed by atoms with van der Waals surface area (Å²) in [7, 11) is 3.43. The van der Waals surface area contributed by atoms with Gasteiger partial charge in [-0.1, -0.05) is 12.1 Å². The summed E-state index contributed by atoms with van der Waals surface area (Å²) in [5.41, 5.74) is 7.74. The van der Waals surface area contributed by atoms with Gasteiger partial charge in [0.2, 0.25) is 0 Å². The van der Waals surface area contributed by atoms with Crippen LogP contribution in [-0.2, 0) is 9.47 Å². The highest BCUT2D eigenvalue weighted by Crippen LogP contribution is 2.22. The third-order valence-electron chi connectivity index (χ3n) is 3.96. The number of nitrogens with zero attached hydrogens (tertiary/aromatic N) is 1. The zero-order valence-electron chi connectivity index (χ0n) is 13.3. The summed E-state index contributed by atoms with van der Waals surface area (Å²) < 4.78 is 23.3. The predicted molar refractivity (Wildman–Crippen MR) is 84.0 cm³/mol. The molecule has 2 atom stereocenters. The van der Waals surface area contributed by atoms with Gasteiger partial charge in [0.05, 0.1) is 13.2 Å². The maximum atomic E-state index is 13.0. The van der Waals surface area contributed by atoms with Crippen LogP contribution in [0.5, 0.6) is 0 Å². The Labute approximate surface area is 131 Å². The summed E-state index contributed by atoms with van der Waals surface area (Å²) in [4.78, 5) is 2.33. The number of ether oxygens (including phenoxy) is 2. The standard InChI is InChI=1S/C16H26FN3O2/c1-21-9-7-20(8-10-22-2)12-15-11-16(19-18-15)13-3-5-14(17)6-4-13/h3-6,15-16,18-19H,7-12H2,1-2H3. The highest BCUT2D eigenvalue weighted by Gasteiger charge is 2.26. The lowest BCUT2D eigenvalue weighted by Crippen LogP contribution is -2.42. The van der Waals surface area contributed by atoms with Crippen LogP contribution in [0.15, 0.2) is 24.3 Å². The van der Waals surface area contributed by atoms with Crippen LogP contribution in [0.4, 0.5) is 4.39 Å². The molecule has 2 unspecified atom stereocenters. The van der Waals surface area contributed by atoms with E-state index in [1.54, 1.807) is 14.2 Å². The predicted octanol–water partition coefficient (Wildman–Crippen LogP) is 1.33. The minimum atomic E-state index is -0.198. The summed E-state index contributed by atoms with van der Waals surface area (Å²) in [6, 6.07) is 7.26. The number of halogens is 1. The van der Waals surface area contributed by atoms with Crippen LogP contribution < -0.4 is 10.9 Å². The fourth-order valence-electron chi connectivity index (χ4n) is 2.70. The summed E-state index contributed by atoms with van der Waals surface area (Å²) in [5, 5.41) is 0. The largest absolute Gasteiger partial charge is 0.383 e. The zero-order chi connectivity index (χ0) is 15.8. The molecule has 0 aromatic heterocycles. The summed E-state index contributed by atoms with van der Waals surface area (Å²) in [5.74, 6) is -0.198. The van der Waals surface area contributed by atoms with Gasteiger partial charge in [-0.2, -0.15) is 0 Å². The molecule has 5 nitrogen and oxygen atoms in total. The second-order valence-electron chi connectivity index (χ2n) is 5.61. The van der Waals surface area contributed by atoms with Gasteiger partial charge in [-0.05, 0) is 24.1 Å². The van der Waals surface area contributed by atoms with Gasteiger partial charge in [0.15, 0.2) is 0 Å². The van der Waals surface area contributed by atoms with Crippen LogP contribution in [0.2, 0.25) is 0 Å². The molecule has 1 saturated heterocycles. The van der Waals surface area contributed by atoms with E-state index in [-0.39, 0.29) is 11.9 Å². The van der Waals surface area contributed by atoms with Crippen molar-refractivity contribution in [2.45, 2.75) is 18.5 Å². The second kappa shape index (κ2) is 9.17. The highest BCUT2D eigenvalue weighted by atomic mass is 19.1. The number of hydrazine groups is 1. The lowest BCUT2D eigenvalue weighted by Gasteiger charge is -2.24. The van der Waals surface area contributed by atoms with Crippen molar-refractivity contribution in [2.75, 3.05) is 47.1 Å². The van der Waals surface area contributed by atoms with Gasteiger partial charge < -0.3 is 9.47 Å². The number of hydrogen-bond donors (Lipinski definition) is 2. The van der Waals surface area contributed by atoms with Crippen molar-refractivity contribution in [2.24, 2.45) is 0 Å². The number of rotatable bonds is 9. The van der Waals surface area contributed by atoms with Crippen molar-refractivity contribution < 1.29 is 13.9 Å². The molecule has 1 aromatic carbocycles. The molecule has 1 aromatic rings. The zero-order valence-corrected chi connectivity index (χ0v) is 13.3. The molecule has 1 fully saturated rings. The maximum Gasteiger partial charge on any atom is 0.123 e. The molecule has 1 heterocycles. The van der Waals surface area contributed by atoms with Gasteiger partial charge in [-0.25, -0.2) is 9.82 Å². The Morgan fingerprint density at radius 3 is 2.32 bits per heavy atom. The first kappa shape index (κ1) is 17.3. The van der Waals surface area contributed by atoms with E-state index in [0.717, 1.165) is 31.6 Å². The van der Waals surface area contributed by atoms with Gasteiger partial charge in [0, 0.05) is 45.9 Å². The molecule has 22 heavy (non-hydrogen) atoms. The number of methoxy groups -OCH3 is 2. The minimum Gasteiger partial charge on any atom is -0.383 e. The van der Waals surface area contributed by atoms with E-state index < -0.39 is 0 Å². The number of benzene rings is 1. The van der Waals surface area contributed by atoms with Crippen molar-refractivity contribution >= 4 is 0 Å². The average molecular weight is 311 g/mol. The van der Waals surface area contributed by atoms with E-state index >= 15 is 0 Å². The lowest BCUT2D eigenvalue weighted by molar-refractivity contribution is 0.108. The van der Waals surface area contributed by atoms with Gasteiger partial charge in [-0.15, -0.1) is 0 Å². The number of hydrogen-bond acceptors (Lipinski definition) is 5. The van der Waals surface area contributed by atoms with Gasteiger partial charge in [0.25, 0.3) is 0 Å². The van der Waals surface area contributed by atoms with Crippen LogP contribution in [0, 0.1) is 5.82 Å². The third kappa shape index (κ3) is 5.30. The first-order valence-electron chi connectivity index (χ1n) is 7.69. The summed E-state index contributed by atoms with van der Waals surface area (Å²) in [6.45, 7) is 4.13. The first-order valence-corrected chi connectivity index (χ1v) is 7.69. The van der Waals surface area contributed by atoms with Gasteiger partial charge in [-0.3, -0.25) is 10.3 Å². The third-order valence-corrected chi connectivity index (χ3v) is 3.96. The van der Waals surface area contributed by atoms with Crippen LogP contribution in [0.25, 0.3) is 0 Å². The SMILES string of the molecule is COCCN(CCOC)CC1CC(c2ccc(F)cc2)NN1. The smallest absolute Gasteiger partial charge is 0.123 e. The van der Waals surface area contributed by atoms with Crippen LogP contribution in [-0.4, -0.2) is 58.0 Å². The maximum absolute atomic E-state index is 13.0. The Kier molecular flexibility index (Phi) is 7.21. The normalized spacial score (nSPS) is 21.6.